The van der Waals surface area contributed by atoms with E-state index in [9.17, 15) is 0 Å². The van der Waals surface area contributed by atoms with Crippen molar-refractivity contribution < 1.29 is 0 Å². The highest BCUT2D eigenvalue weighted by Crippen LogP contribution is 2.45. The van der Waals surface area contributed by atoms with Crippen LogP contribution in [0.1, 0.15) is 26.2 Å². The van der Waals surface area contributed by atoms with Gasteiger partial charge in [0, 0.05) is 49.8 Å². The number of hydrogen-bond donors (Lipinski definition) is 1. The predicted octanol–water partition coefficient (Wildman–Crippen LogP) is 1.78. The molecule has 0 spiro atoms. The second kappa shape index (κ2) is 5.38. The molecule has 0 aromatic carbocycles. The second-order valence-corrected chi connectivity index (χ2v) is 6.60. The largest absolute Gasteiger partial charge is 0.346 e. The van der Waals surface area contributed by atoms with Crippen LogP contribution in [0.25, 0.3) is 0 Å². The summed E-state index contributed by atoms with van der Waals surface area (Å²) >= 11 is 1.74. The summed E-state index contributed by atoms with van der Waals surface area (Å²) in [5.74, 6) is 0.842. The second-order valence-electron chi connectivity index (χ2n) is 5.72. The first-order chi connectivity index (χ1) is 9.30. The minimum Gasteiger partial charge on any atom is -0.346 e. The van der Waals surface area contributed by atoms with Crippen molar-refractivity contribution in [1.29, 1.82) is 0 Å². The van der Waals surface area contributed by atoms with Gasteiger partial charge in [0.15, 0.2) is 5.13 Å². The summed E-state index contributed by atoms with van der Waals surface area (Å²) in [5, 5.41) is 3.23. The Kier molecular flexibility index (Phi) is 3.78. The van der Waals surface area contributed by atoms with Crippen molar-refractivity contribution in [2.75, 3.05) is 37.6 Å². The zero-order valence-electron chi connectivity index (χ0n) is 11.7. The van der Waals surface area contributed by atoms with Crippen LogP contribution in [0.5, 0.6) is 0 Å². The molecule has 1 aromatic rings. The summed E-state index contributed by atoms with van der Waals surface area (Å²) in [4.78, 5) is 9.49. The minimum atomic E-state index is 0.273. The van der Waals surface area contributed by atoms with Gasteiger partial charge in [0.2, 0.25) is 0 Å². The van der Waals surface area contributed by atoms with Crippen LogP contribution in [0.4, 0.5) is 5.13 Å². The first-order valence-corrected chi connectivity index (χ1v) is 8.27. The maximum Gasteiger partial charge on any atom is 0.185 e. The molecule has 2 N–H and O–H groups in total. The van der Waals surface area contributed by atoms with Gasteiger partial charge in [0.05, 0.1) is 0 Å². The topological polar surface area (TPSA) is 45.4 Å². The molecule has 2 aliphatic rings. The predicted molar refractivity (Wildman–Crippen MR) is 80.7 cm³/mol. The van der Waals surface area contributed by atoms with Crippen molar-refractivity contribution in [3.63, 3.8) is 0 Å². The van der Waals surface area contributed by atoms with Gasteiger partial charge in [0.1, 0.15) is 0 Å². The molecular formula is C14H24N4S. The maximum atomic E-state index is 6.15. The number of nitrogens with two attached hydrogens (primary N) is 1. The molecule has 106 valence electrons. The molecule has 1 aromatic heterocycles. The van der Waals surface area contributed by atoms with Crippen LogP contribution in [0.2, 0.25) is 0 Å². The Morgan fingerprint density at radius 1 is 1.37 bits per heavy atom. The number of hydrogen-bond acceptors (Lipinski definition) is 5. The SMILES string of the molecule is CCC(CN)(C1CC1)N1CCN(c2nccs2)CC1. The van der Waals surface area contributed by atoms with E-state index in [1.54, 1.807) is 11.3 Å². The highest BCUT2D eigenvalue weighted by Gasteiger charge is 2.47. The van der Waals surface area contributed by atoms with Crippen molar-refractivity contribution in [1.82, 2.24) is 9.88 Å². The molecule has 19 heavy (non-hydrogen) atoms. The third-order valence-corrected chi connectivity index (χ3v) is 5.73. The third-order valence-electron chi connectivity index (χ3n) is 4.90. The van der Waals surface area contributed by atoms with E-state index < -0.39 is 0 Å². The summed E-state index contributed by atoms with van der Waals surface area (Å²) in [6.45, 7) is 7.54. The van der Waals surface area contributed by atoms with Crippen LogP contribution in [-0.2, 0) is 0 Å². The molecule has 1 aliphatic heterocycles. The van der Waals surface area contributed by atoms with Crippen LogP contribution in [0.3, 0.4) is 0 Å². The Morgan fingerprint density at radius 3 is 2.58 bits per heavy atom. The fourth-order valence-corrected chi connectivity index (χ4v) is 4.24. The van der Waals surface area contributed by atoms with E-state index in [-0.39, 0.29) is 5.54 Å². The van der Waals surface area contributed by atoms with Crippen molar-refractivity contribution in [2.24, 2.45) is 11.7 Å². The normalized spacial score (nSPS) is 24.4. The summed E-state index contributed by atoms with van der Waals surface area (Å²) in [6.07, 6.45) is 5.83. The number of aromatic nitrogens is 1. The van der Waals surface area contributed by atoms with Crippen LogP contribution >= 0.6 is 11.3 Å². The fourth-order valence-electron chi connectivity index (χ4n) is 3.55. The lowest BCUT2D eigenvalue weighted by Crippen LogP contribution is -2.61. The Morgan fingerprint density at radius 2 is 2.11 bits per heavy atom. The summed E-state index contributed by atoms with van der Waals surface area (Å²) in [5.41, 5.74) is 6.43. The van der Waals surface area contributed by atoms with Crippen LogP contribution in [0, 0.1) is 5.92 Å². The molecule has 1 saturated carbocycles. The number of piperazine rings is 1. The lowest BCUT2D eigenvalue weighted by Gasteiger charge is -2.47. The molecular weight excluding hydrogens is 256 g/mol. The average Bonchev–Trinajstić information content (AvgIpc) is 3.17. The van der Waals surface area contributed by atoms with E-state index in [1.807, 2.05) is 6.20 Å². The lowest BCUT2D eigenvalue weighted by molar-refractivity contribution is 0.0623. The van der Waals surface area contributed by atoms with Crippen molar-refractivity contribution in [3.8, 4) is 0 Å². The van der Waals surface area contributed by atoms with Gasteiger partial charge < -0.3 is 10.6 Å². The van der Waals surface area contributed by atoms with Crippen LogP contribution in [0.15, 0.2) is 11.6 Å². The van der Waals surface area contributed by atoms with Gasteiger partial charge in [-0.15, -0.1) is 11.3 Å². The van der Waals surface area contributed by atoms with Gasteiger partial charge in [-0.25, -0.2) is 4.98 Å². The van der Waals surface area contributed by atoms with Gasteiger partial charge in [-0.2, -0.15) is 0 Å². The van der Waals surface area contributed by atoms with Gasteiger partial charge in [-0.05, 0) is 25.2 Å². The van der Waals surface area contributed by atoms with Gasteiger partial charge in [-0.3, -0.25) is 4.90 Å². The fraction of sp³-hybridized carbons (Fsp3) is 0.786. The van der Waals surface area contributed by atoms with E-state index >= 15 is 0 Å². The number of thiazole rings is 1. The van der Waals surface area contributed by atoms with Crippen molar-refractivity contribution in [2.45, 2.75) is 31.7 Å². The molecule has 1 saturated heterocycles. The zero-order chi connectivity index (χ0) is 13.3. The van der Waals surface area contributed by atoms with E-state index in [2.05, 4.69) is 27.1 Å². The first kappa shape index (κ1) is 13.3. The first-order valence-electron chi connectivity index (χ1n) is 7.39. The molecule has 2 heterocycles. The summed E-state index contributed by atoms with van der Waals surface area (Å²) in [6, 6.07) is 0. The Hall–Kier alpha value is -0.650. The lowest BCUT2D eigenvalue weighted by atomic mass is 9.87. The van der Waals surface area contributed by atoms with E-state index in [0.717, 1.165) is 38.6 Å². The molecule has 0 bridgehead atoms. The molecule has 3 rings (SSSR count). The summed E-state index contributed by atoms with van der Waals surface area (Å²) in [7, 11) is 0. The summed E-state index contributed by atoms with van der Waals surface area (Å²) < 4.78 is 0. The van der Waals surface area contributed by atoms with Crippen molar-refractivity contribution in [3.05, 3.63) is 11.6 Å². The molecule has 1 atom stereocenters. The molecule has 4 nitrogen and oxygen atoms in total. The smallest absolute Gasteiger partial charge is 0.185 e. The van der Waals surface area contributed by atoms with Crippen molar-refractivity contribution >= 4 is 16.5 Å². The van der Waals surface area contributed by atoms with Gasteiger partial charge in [0.25, 0.3) is 0 Å². The molecule has 2 fully saturated rings. The molecule has 1 unspecified atom stereocenters. The number of anilines is 1. The number of nitrogens with zero attached hydrogens (tertiary/aromatic N) is 3. The van der Waals surface area contributed by atoms with Gasteiger partial charge >= 0.3 is 0 Å². The monoisotopic (exact) mass is 280 g/mol. The third kappa shape index (κ3) is 2.39. The zero-order valence-corrected chi connectivity index (χ0v) is 12.5. The van der Waals surface area contributed by atoms with E-state index in [4.69, 9.17) is 5.73 Å². The molecule has 5 heteroatoms. The van der Waals surface area contributed by atoms with Crippen LogP contribution in [-0.4, -0.2) is 48.1 Å². The molecule has 1 aliphatic carbocycles. The van der Waals surface area contributed by atoms with E-state index in [1.165, 1.54) is 24.4 Å². The molecule has 0 radical (unpaired) electrons. The minimum absolute atomic E-state index is 0.273. The highest BCUT2D eigenvalue weighted by atomic mass is 32.1. The Balaban J connectivity index is 1.65. The van der Waals surface area contributed by atoms with E-state index in [0.29, 0.717) is 0 Å². The Labute approximate surface area is 119 Å². The van der Waals surface area contributed by atoms with Crippen LogP contribution < -0.4 is 10.6 Å². The quantitative estimate of drug-likeness (QED) is 0.893. The molecule has 0 amide bonds. The standard InChI is InChI=1S/C14H24N4S/c1-2-14(11-15,12-3-4-12)18-8-6-17(7-9-18)13-16-5-10-19-13/h5,10,12H,2-4,6-9,11,15H2,1H3. The number of rotatable bonds is 5. The Bertz CT molecular complexity index is 390. The average molecular weight is 280 g/mol. The van der Waals surface area contributed by atoms with Gasteiger partial charge in [-0.1, -0.05) is 6.92 Å². The maximum absolute atomic E-state index is 6.15. The highest BCUT2D eigenvalue weighted by molar-refractivity contribution is 7.13.